The molecule has 0 bridgehead atoms. The molecule has 28 heavy (non-hydrogen) atoms. The number of carbonyl (C=O) groups is 2. The summed E-state index contributed by atoms with van der Waals surface area (Å²) in [6.07, 6.45) is 4.06. The molecule has 6 heteroatoms. The van der Waals surface area contributed by atoms with Gasteiger partial charge < -0.3 is 9.80 Å². The normalized spacial score (nSPS) is 23.1. The third-order valence-electron chi connectivity index (χ3n) is 5.97. The third kappa shape index (κ3) is 4.73. The molecule has 1 aromatic carbocycles. The predicted octanol–water partition coefficient (Wildman–Crippen LogP) is 1.79. The largest absolute Gasteiger partial charge is 0.347 e. The number of likely N-dealkylation sites (N-methyl/N-ethyl adjacent to an activating group) is 2. The summed E-state index contributed by atoms with van der Waals surface area (Å²) in [7, 11) is 7.33. The number of likely N-dealkylation sites (tertiary alicyclic amines) is 2. The Morgan fingerprint density at radius 3 is 1.46 bits per heavy atom. The van der Waals surface area contributed by atoms with Gasteiger partial charge in [0.1, 0.15) is 0 Å². The zero-order valence-electron chi connectivity index (χ0n) is 17.7. The van der Waals surface area contributed by atoms with E-state index in [0.717, 1.165) is 51.9 Å². The Morgan fingerprint density at radius 2 is 1.14 bits per heavy atom. The molecule has 2 saturated heterocycles. The lowest BCUT2D eigenvalue weighted by Crippen LogP contribution is -2.42. The van der Waals surface area contributed by atoms with E-state index in [1.165, 1.54) is 11.1 Å². The fourth-order valence-corrected chi connectivity index (χ4v) is 4.41. The number of amides is 2. The van der Waals surface area contributed by atoms with E-state index in [0.29, 0.717) is 0 Å². The van der Waals surface area contributed by atoms with E-state index in [1.54, 1.807) is 9.80 Å². The Morgan fingerprint density at radius 1 is 0.786 bits per heavy atom. The molecule has 2 aliphatic heterocycles. The lowest BCUT2D eigenvalue weighted by atomic mass is 10.1. The summed E-state index contributed by atoms with van der Waals surface area (Å²) in [6, 6.07) is 8.70. The van der Waals surface area contributed by atoms with Gasteiger partial charge in [0.15, 0.2) is 0 Å². The highest BCUT2D eigenvalue weighted by Crippen LogP contribution is 2.23. The smallest absolute Gasteiger partial charge is 0.239 e. The summed E-state index contributed by atoms with van der Waals surface area (Å²) in [5, 5.41) is 0. The minimum absolute atomic E-state index is 0.0112. The maximum Gasteiger partial charge on any atom is 0.239 e. The first-order valence-corrected chi connectivity index (χ1v) is 10.3. The number of hydrogen-bond acceptors (Lipinski definition) is 4. The molecule has 0 radical (unpaired) electrons. The van der Waals surface area contributed by atoms with Crippen molar-refractivity contribution in [3.8, 4) is 0 Å². The van der Waals surface area contributed by atoms with Gasteiger partial charge >= 0.3 is 0 Å². The van der Waals surface area contributed by atoms with Crippen LogP contribution in [0.2, 0.25) is 0 Å². The van der Waals surface area contributed by atoms with E-state index in [1.807, 2.05) is 28.2 Å². The predicted molar refractivity (Wildman–Crippen MR) is 111 cm³/mol. The van der Waals surface area contributed by atoms with Crippen molar-refractivity contribution in [1.82, 2.24) is 19.6 Å². The van der Waals surface area contributed by atoms with Gasteiger partial charge in [-0.3, -0.25) is 19.4 Å². The van der Waals surface area contributed by atoms with Gasteiger partial charge in [0.05, 0.1) is 12.1 Å². The van der Waals surface area contributed by atoms with Crippen molar-refractivity contribution < 1.29 is 9.59 Å². The second kappa shape index (κ2) is 9.05. The first-order valence-electron chi connectivity index (χ1n) is 10.3. The summed E-state index contributed by atoms with van der Waals surface area (Å²) >= 11 is 0. The highest BCUT2D eigenvalue weighted by Gasteiger charge is 2.32. The van der Waals surface area contributed by atoms with Crippen molar-refractivity contribution in [2.45, 2.75) is 50.9 Å². The van der Waals surface area contributed by atoms with Crippen LogP contribution in [0.3, 0.4) is 0 Å². The first-order chi connectivity index (χ1) is 13.4. The second-order valence-electron chi connectivity index (χ2n) is 8.54. The molecule has 0 unspecified atom stereocenters. The van der Waals surface area contributed by atoms with Crippen molar-refractivity contribution >= 4 is 11.8 Å². The van der Waals surface area contributed by atoms with Gasteiger partial charge in [0, 0.05) is 41.3 Å². The molecule has 2 atom stereocenters. The van der Waals surface area contributed by atoms with Crippen LogP contribution in [0.15, 0.2) is 24.3 Å². The van der Waals surface area contributed by atoms with E-state index >= 15 is 0 Å². The SMILES string of the molecule is CN(C)C(=O)[C@H]1CCCN1Cc1ccc(CN2CCC[C@@H]2C(=O)N(C)C)cc1. The van der Waals surface area contributed by atoms with Gasteiger partial charge in [-0.25, -0.2) is 0 Å². The number of hydrogen-bond donors (Lipinski definition) is 0. The summed E-state index contributed by atoms with van der Waals surface area (Å²) in [5.41, 5.74) is 2.48. The number of rotatable bonds is 6. The Labute approximate surface area is 169 Å². The zero-order valence-corrected chi connectivity index (χ0v) is 17.7. The van der Waals surface area contributed by atoms with Crippen LogP contribution >= 0.6 is 0 Å². The Balaban J connectivity index is 1.59. The molecular weight excluding hydrogens is 352 g/mol. The average molecular weight is 387 g/mol. The van der Waals surface area contributed by atoms with Crippen molar-refractivity contribution in [1.29, 1.82) is 0 Å². The fraction of sp³-hybridized carbons (Fsp3) is 0.636. The highest BCUT2D eigenvalue weighted by molar-refractivity contribution is 5.82. The lowest BCUT2D eigenvalue weighted by molar-refractivity contribution is -0.134. The van der Waals surface area contributed by atoms with Gasteiger partial charge in [-0.1, -0.05) is 24.3 Å². The fourth-order valence-electron chi connectivity index (χ4n) is 4.41. The van der Waals surface area contributed by atoms with Crippen LogP contribution in [0, 0.1) is 0 Å². The summed E-state index contributed by atoms with van der Waals surface area (Å²) in [4.78, 5) is 32.7. The Bertz CT molecular complexity index is 627. The summed E-state index contributed by atoms with van der Waals surface area (Å²) < 4.78 is 0. The maximum absolute atomic E-state index is 12.4. The van der Waals surface area contributed by atoms with Gasteiger partial charge in [0.2, 0.25) is 11.8 Å². The third-order valence-corrected chi connectivity index (χ3v) is 5.97. The molecule has 2 heterocycles. The molecule has 0 saturated carbocycles. The minimum atomic E-state index is 0.0112. The lowest BCUT2D eigenvalue weighted by Gasteiger charge is -2.27. The molecule has 0 aliphatic carbocycles. The number of benzene rings is 1. The maximum atomic E-state index is 12.4. The van der Waals surface area contributed by atoms with E-state index in [2.05, 4.69) is 34.1 Å². The van der Waals surface area contributed by atoms with E-state index < -0.39 is 0 Å². The molecule has 0 N–H and O–H groups in total. The zero-order chi connectivity index (χ0) is 20.3. The molecule has 2 amide bonds. The Hall–Kier alpha value is -1.92. The van der Waals surface area contributed by atoms with Crippen molar-refractivity contribution in [2.75, 3.05) is 41.3 Å². The van der Waals surface area contributed by atoms with Gasteiger partial charge in [0.25, 0.3) is 0 Å². The summed E-state index contributed by atoms with van der Waals surface area (Å²) in [5.74, 6) is 0.416. The van der Waals surface area contributed by atoms with Crippen molar-refractivity contribution in [3.63, 3.8) is 0 Å². The molecular formula is C22H34N4O2. The molecule has 1 aromatic rings. The van der Waals surface area contributed by atoms with Crippen LogP contribution in [-0.4, -0.2) is 84.8 Å². The number of carbonyl (C=O) groups excluding carboxylic acids is 2. The Kier molecular flexibility index (Phi) is 6.73. The van der Waals surface area contributed by atoms with Crippen LogP contribution in [0.25, 0.3) is 0 Å². The quantitative estimate of drug-likeness (QED) is 0.748. The molecule has 6 nitrogen and oxygen atoms in total. The van der Waals surface area contributed by atoms with E-state index in [4.69, 9.17) is 0 Å². The standard InChI is InChI=1S/C22H34N4O2/c1-23(2)21(27)19-7-5-13-25(19)15-17-9-11-18(12-10-17)16-26-14-6-8-20(26)22(28)24(3)4/h9-12,19-20H,5-8,13-16H2,1-4H3/t19-,20-/m1/s1. The summed E-state index contributed by atoms with van der Waals surface area (Å²) in [6.45, 7) is 3.59. The molecule has 2 aliphatic rings. The molecule has 154 valence electrons. The average Bonchev–Trinajstić information content (AvgIpc) is 3.31. The molecule has 2 fully saturated rings. The minimum Gasteiger partial charge on any atom is -0.347 e. The van der Waals surface area contributed by atoms with Crippen molar-refractivity contribution in [3.05, 3.63) is 35.4 Å². The second-order valence-corrected chi connectivity index (χ2v) is 8.54. The monoisotopic (exact) mass is 386 g/mol. The van der Waals surface area contributed by atoms with Gasteiger partial charge in [-0.2, -0.15) is 0 Å². The topological polar surface area (TPSA) is 47.1 Å². The molecule has 0 aromatic heterocycles. The first kappa shape index (κ1) is 20.8. The van der Waals surface area contributed by atoms with Crippen LogP contribution in [0.1, 0.15) is 36.8 Å². The van der Waals surface area contributed by atoms with Gasteiger partial charge in [-0.15, -0.1) is 0 Å². The molecule has 3 rings (SSSR count). The van der Waals surface area contributed by atoms with E-state index in [-0.39, 0.29) is 23.9 Å². The number of nitrogens with zero attached hydrogens (tertiary/aromatic N) is 4. The van der Waals surface area contributed by atoms with Crippen molar-refractivity contribution in [2.24, 2.45) is 0 Å². The van der Waals surface area contributed by atoms with Crippen LogP contribution in [0.5, 0.6) is 0 Å². The van der Waals surface area contributed by atoms with Gasteiger partial charge in [-0.05, 0) is 49.9 Å². The van der Waals surface area contributed by atoms with E-state index in [9.17, 15) is 9.59 Å². The van der Waals surface area contributed by atoms with Crippen LogP contribution in [0.4, 0.5) is 0 Å². The molecule has 0 spiro atoms. The van der Waals surface area contributed by atoms with Crippen LogP contribution in [-0.2, 0) is 22.7 Å². The highest BCUT2D eigenvalue weighted by atomic mass is 16.2. The van der Waals surface area contributed by atoms with Crippen LogP contribution < -0.4 is 0 Å².